The number of nitrogens with zero attached hydrogens (tertiary/aromatic N) is 4. The number of rotatable bonds is 5. The van der Waals surface area contributed by atoms with Gasteiger partial charge in [0.05, 0.1) is 18.7 Å². The summed E-state index contributed by atoms with van der Waals surface area (Å²) in [7, 11) is -3.75. The number of aliphatic hydroxyl groups is 1. The Hall–Kier alpha value is -2.76. The van der Waals surface area contributed by atoms with Crippen molar-refractivity contribution in [3.63, 3.8) is 0 Å². The van der Waals surface area contributed by atoms with Gasteiger partial charge in [-0.1, -0.05) is 36.3 Å². The first-order valence-electron chi connectivity index (χ1n) is 8.53. The van der Waals surface area contributed by atoms with Crippen molar-refractivity contribution in [1.29, 1.82) is 0 Å². The second-order valence-corrected chi connectivity index (χ2v) is 8.20. The molecule has 0 saturated heterocycles. The van der Waals surface area contributed by atoms with Gasteiger partial charge in [0, 0.05) is 12.5 Å². The molecule has 27 heavy (non-hydrogen) atoms. The summed E-state index contributed by atoms with van der Waals surface area (Å²) in [5.74, 6) is 5.39. The molecule has 0 aliphatic heterocycles. The van der Waals surface area contributed by atoms with Crippen LogP contribution in [0.1, 0.15) is 37.7 Å². The first kappa shape index (κ1) is 19.0. The summed E-state index contributed by atoms with van der Waals surface area (Å²) in [6.45, 7) is 3.83. The lowest BCUT2D eigenvalue weighted by Crippen LogP contribution is -2.11. The highest BCUT2D eigenvalue weighted by Crippen LogP contribution is 2.24. The van der Waals surface area contributed by atoms with E-state index in [-0.39, 0.29) is 41.2 Å². The van der Waals surface area contributed by atoms with Gasteiger partial charge in [-0.2, -0.15) is 0 Å². The summed E-state index contributed by atoms with van der Waals surface area (Å²) >= 11 is 0. The molecule has 0 unspecified atom stereocenters. The smallest absolute Gasteiger partial charge is 0.208 e. The third kappa shape index (κ3) is 4.15. The van der Waals surface area contributed by atoms with Gasteiger partial charge in [-0.15, -0.1) is 0 Å². The van der Waals surface area contributed by atoms with E-state index in [1.165, 1.54) is 0 Å². The minimum Gasteiger partial charge on any atom is -0.395 e. The quantitative estimate of drug-likeness (QED) is 0.534. The number of hydrogen-bond acceptors (Lipinski definition) is 6. The summed E-state index contributed by atoms with van der Waals surface area (Å²) in [5, 5.41) is 8.77. The molecule has 2 aromatic heterocycles. The Morgan fingerprint density at radius 1 is 1.19 bits per heavy atom. The third-order valence-corrected chi connectivity index (χ3v) is 5.46. The summed E-state index contributed by atoms with van der Waals surface area (Å²) < 4.78 is 27.9. The van der Waals surface area contributed by atoms with E-state index in [0.717, 1.165) is 0 Å². The molecule has 0 atom stereocenters. The summed E-state index contributed by atoms with van der Waals surface area (Å²) in [5.41, 5.74) is 1.34. The number of sulfone groups is 1. The van der Waals surface area contributed by atoms with E-state index >= 15 is 0 Å². The molecule has 3 rings (SSSR count). The monoisotopic (exact) mass is 384 g/mol. The van der Waals surface area contributed by atoms with Gasteiger partial charge in [-0.25, -0.2) is 23.4 Å². The fourth-order valence-electron chi connectivity index (χ4n) is 2.60. The van der Waals surface area contributed by atoms with Gasteiger partial charge in [0.15, 0.2) is 10.7 Å². The Morgan fingerprint density at radius 2 is 1.93 bits per heavy atom. The minimum atomic E-state index is -3.75. The second kappa shape index (κ2) is 7.86. The maximum absolute atomic E-state index is 13.0. The molecule has 0 aliphatic carbocycles. The Morgan fingerprint density at radius 3 is 2.59 bits per heavy atom. The number of aromatic nitrogens is 4. The predicted molar refractivity (Wildman–Crippen MR) is 102 cm³/mol. The molecule has 0 spiro atoms. The van der Waals surface area contributed by atoms with Crippen molar-refractivity contribution < 1.29 is 13.5 Å². The highest BCUT2D eigenvalue weighted by Gasteiger charge is 2.25. The van der Waals surface area contributed by atoms with Crippen LogP contribution in [0.2, 0.25) is 0 Å². The zero-order valence-electron chi connectivity index (χ0n) is 15.1. The normalized spacial score (nSPS) is 11.6. The van der Waals surface area contributed by atoms with Crippen LogP contribution < -0.4 is 0 Å². The van der Waals surface area contributed by atoms with Gasteiger partial charge < -0.3 is 9.67 Å². The molecule has 0 bridgehead atoms. The molecule has 0 amide bonds. The van der Waals surface area contributed by atoms with E-state index in [0.29, 0.717) is 11.2 Å². The van der Waals surface area contributed by atoms with Gasteiger partial charge in [-0.3, -0.25) is 0 Å². The van der Waals surface area contributed by atoms with Gasteiger partial charge in [-0.05, 0) is 25.3 Å². The Bertz CT molecular complexity index is 1110. The lowest BCUT2D eigenvalue weighted by Gasteiger charge is -2.09. The fraction of sp³-hybridized carbons (Fsp3) is 0.316. The molecule has 7 nitrogen and oxygen atoms in total. The molecule has 0 fully saturated rings. The summed E-state index contributed by atoms with van der Waals surface area (Å²) in [6, 6.07) is 8.97. The van der Waals surface area contributed by atoms with E-state index in [1.54, 1.807) is 35.2 Å². The van der Waals surface area contributed by atoms with Crippen molar-refractivity contribution in [1.82, 2.24) is 19.5 Å². The summed E-state index contributed by atoms with van der Waals surface area (Å²) in [4.78, 5) is 12.8. The van der Waals surface area contributed by atoms with E-state index in [2.05, 4.69) is 26.8 Å². The molecular weight excluding hydrogens is 364 g/mol. The van der Waals surface area contributed by atoms with Gasteiger partial charge in [0.1, 0.15) is 5.52 Å². The van der Waals surface area contributed by atoms with Crippen LogP contribution in [0.3, 0.4) is 0 Å². The topological polar surface area (TPSA) is 98.0 Å². The molecule has 1 aromatic carbocycles. The molecule has 140 valence electrons. The molecule has 3 aromatic rings. The first-order valence-corrected chi connectivity index (χ1v) is 10.2. The van der Waals surface area contributed by atoms with Gasteiger partial charge >= 0.3 is 0 Å². The first-order chi connectivity index (χ1) is 12.9. The number of fused-ring (bicyclic) bond motifs is 1. The second-order valence-electron chi connectivity index (χ2n) is 6.29. The average Bonchev–Trinajstić information content (AvgIpc) is 3.06. The van der Waals surface area contributed by atoms with Crippen LogP contribution in [0.5, 0.6) is 0 Å². The zero-order chi connectivity index (χ0) is 19.4. The average molecular weight is 384 g/mol. The largest absolute Gasteiger partial charge is 0.395 e. The molecule has 0 saturated carbocycles. The van der Waals surface area contributed by atoms with Crippen molar-refractivity contribution in [2.24, 2.45) is 0 Å². The van der Waals surface area contributed by atoms with Crippen LogP contribution in [0.4, 0.5) is 0 Å². The number of benzene rings is 1. The minimum absolute atomic E-state index is 0.0489. The SMILES string of the molecule is CC(C)n1cnc2c(S(=O)(=O)Cc3ccccc3)nc(C#CCCO)nc21. The highest BCUT2D eigenvalue weighted by atomic mass is 32.2. The van der Waals surface area contributed by atoms with Gasteiger partial charge in [0.25, 0.3) is 0 Å². The number of aliphatic hydroxyl groups excluding tert-OH is 1. The lowest BCUT2D eigenvalue weighted by atomic mass is 10.2. The van der Waals surface area contributed by atoms with Crippen molar-refractivity contribution >= 4 is 21.0 Å². The van der Waals surface area contributed by atoms with Crippen molar-refractivity contribution in [3.05, 3.63) is 48.0 Å². The Balaban J connectivity index is 2.17. The lowest BCUT2D eigenvalue weighted by molar-refractivity contribution is 0.305. The van der Waals surface area contributed by atoms with Crippen molar-refractivity contribution in [2.45, 2.75) is 37.1 Å². The van der Waals surface area contributed by atoms with Gasteiger partial charge in [0.2, 0.25) is 15.7 Å². The molecule has 0 radical (unpaired) electrons. The highest BCUT2D eigenvalue weighted by molar-refractivity contribution is 7.90. The molecule has 1 N–H and O–H groups in total. The third-order valence-electron chi connectivity index (χ3n) is 3.88. The van der Waals surface area contributed by atoms with Crippen LogP contribution in [-0.4, -0.2) is 39.7 Å². The molecule has 8 heteroatoms. The molecule has 0 aliphatic rings. The standard InChI is InChI=1S/C19H20N4O3S/c1-14(2)23-13-20-17-18(23)21-16(10-6-7-11-24)22-19(17)27(25,26)12-15-8-4-3-5-9-15/h3-5,8-9,13-14,24H,7,11-12H2,1-2H3. The molecular formula is C19H20N4O3S. The van der Waals surface area contributed by atoms with Crippen LogP contribution in [0.15, 0.2) is 41.7 Å². The predicted octanol–water partition coefficient (Wildman–Crippen LogP) is 2.12. The van der Waals surface area contributed by atoms with Crippen LogP contribution >= 0.6 is 0 Å². The zero-order valence-corrected chi connectivity index (χ0v) is 15.9. The van der Waals surface area contributed by atoms with Crippen LogP contribution in [0.25, 0.3) is 11.2 Å². The Labute approximate surface area is 158 Å². The van der Waals surface area contributed by atoms with Crippen molar-refractivity contribution in [2.75, 3.05) is 6.61 Å². The number of hydrogen-bond donors (Lipinski definition) is 1. The van der Waals surface area contributed by atoms with Crippen LogP contribution in [-0.2, 0) is 15.6 Å². The van der Waals surface area contributed by atoms with E-state index < -0.39 is 9.84 Å². The fourth-order valence-corrected chi connectivity index (χ4v) is 4.03. The maximum Gasteiger partial charge on any atom is 0.208 e. The number of imidazole rings is 1. The Kier molecular flexibility index (Phi) is 5.54. The van der Waals surface area contributed by atoms with Crippen LogP contribution in [0, 0.1) is 11.8 Å². The summed E-state index contributed by atoms with van der Waals surface area (Å²) in [6.07, 6.45) is 1.83. The van der Waals surface area contributed by atoms with E-state index in [1.807, 2.05) is 19.9 Å². The van der Waals surface area contributed by atoms with E-state index in [4.69, 9.17) is 5.11 Å². The maximum atomic E-state index is 13.0. The van der Waals surface area contributed by atoms with Crippen molar-refractivity contribution in [3.8, 4) is 11.8 Å². The molecule has 2 heterocycles. The van der Waals surface area contributed by atoms with E-state index in [9.17, 15) is 8.42 Å².